The topological polar surface area (TPSA) is 41.6 Å². The number of rotatable bonds is 4. The zero-order valence-corrected chi connectivity index (χ0v) is 12.0. The van der Waals surface area contributed by atoms with E-state index in [1.807, 2.05) is 4.90 Å². The molecule has 0 radical (unpaired) electrons. The van der Waals surface area contributed by atoms with E-state index < -0.39 is 0 Å². The lowest BCUT2D eigenvalue weighted by Crippen LogP contribution is -2.43. The molecular weight excluding hydrogens is 252 g/mol. The van der Waals surface area contributed by atoms with E-state index in [0.29, 0.717) is 12.6 Å². The molecule has 2 fully saturated rings. The molecule has 1 atom stereocenters. The third-order valence-electron chi connectivity index (χ3n) is 3.81. The van der Waals surface area contributed by atoms with Gasteiger partial charge < -0.3 is 15.0 Å². The molecule has 0 aromatic rings. The maximum absolute atomic E-state index is 11.9. The zero-order chi connectivity index (χ0) is 12.1. The highest BCUT2D eigenvalue weighted by atomic mass is 35.5. The SMILES string of the molecule is CC1CCN(C(=O)CNCC2CCCO2)CC1.Cl. The fraction of sp³-hybridized carbons (Fsp3) is 0.923. The molecule has 0 aromatic carbocycles. The predicted molar refractivity (Wildman–Crippen MR) is 74.1 cm³/mol. The molecule has 2 rings (SSSR count). The molecule has 18 heavy (non-hydrogen) atoms. The minimum atomic E-state index is 0. The van der Waals surface area contributed by atoms with Gasteiger partial charge in [-0.3, -0.25) is 4.79 Å². The van der Waals surface area contributed by atoms with Crippen LogP contribution in [0.5, 0.6) is 0 Å². The first-order valence-corrected chi connectivity index (χ1v) is 6.86. The fourth-order valence-corrected chi connectivity index (χ4v) is 2.52. The van der Waals surface area contributed by atoms with E-state index in [2.05, 4.69) is 12.2 Å². The maximum Gasteiger partial charge on any atom is 0.236 e. The van der Waals surface area contributed by atoms with Gasteiger partial charge >= 0.3 is 0 Å². The van der Waals surface area contributed by atoms with Gasteiger partial charge in [-0.1, -0.05) is 6.92 Å². The van der Waals surface area contributed by atoms with Crippen LogP contribution in [0.4, 0.5) is 0 Å². The van der Waals surface area contributed by atoms with Crippen molar-refractivity contribution in [3.63, 3.8) is 0 Å². The van der Waals surface area contributed by atoms with Crippen LogP contribution in [0.25, 0.3) is 0 Å². The summed E-state index contributed by atoms with van der Waals surface area (Å²) in [6, 6.07) is 0. The number of hydrogen-bond acceptors (Lipinski definition) is 3. The Balaban J connectivity index is 0.00000162. The van der Waals surface area contributed by atoms with E-state index in [9.17, 15) is 4.79 Å². The van der Waals surface area contributed by atoms with E-state index in [1.165, 1.54) is 0 Å². The molecule has 1 N–H and O–H groups in total. The summed E-state index contributed by atoms with van der Waals surface area (Å²) in [4.78, 5) is 13.9. The van der Waals surface area contributed by atoms with Gasteiger partial charge in [0.05, 0.1) is 12.6 Å². The number of ether oxygens (including phenoxy) is 1. The first-order chi connectivity index (χ1) is 8.25. The minimum Gasteiger partial charge on any atom is -0.377 e. The third kappa shape index (κ3) is 4.75. The van der Waals surface area contributed by atoms with Crippen LogP contribution >= 0.6 is 12.4 Å². The Labute approximate surface area is 116 Å². The van der Waals surface area contributed by atoms with Gasteiger partial charge in [0.25, 0.3) is 0 Å². The Hall–Kier alpha value is -0.320. The van der Waals surface area contributed by atoms with Crippen molar-refractivity contribution in [2.75, 3.05) is 32.8 Å². The Morgan fingerprint density at radius 3 is 2.67 bits per heavy atom. The summed E-state index contributed by atoms with van der Waals surface area (Å²) >= 11 is 0. The van der Waals surface area contributed by atoms with Crippen LogP contribution < -0.4 is 5.32 Å². The normalized spacial score (nSPS) is 24.9. The molecule has 106 valence electrons. The monoisotopic (exact) mass is 276 g/mol. The molecule has 5 heteroatoms. The lowest BCUT2D eigenvalue weighted by Gasteiger charge is -2.30. The molecule has 2 aliphatic heterocycles. The van der Waals surface area contributed by atoms with Crippen LogP contribution in [0.3, 0.4) is 0 Å². The molecule has 1 unspecified atom stereocenters. The summed E-state index contributed by atoms with van der Waals surface area (Å²) in [6.07, 6.45) is 4.91. The maximum atomic E-state index is 11.9. The molecular formula is C13H25ClN2O2. The Morgan fingerprint density at radius 1 is 1.33 bits per heavy atom. The quantitative estimate of drug-likeness (QED) is 0.845. The van der Waals surface area contributed by atoms with Crippen molar-refractivity contribution in [2.24, 2.45) is 5.92 Å². The number of hydrogen-bond donors (Lipinski definition) is 1. The summed E-state index contributed by atoms with van der Waals surface area (Å²) < 4.78 is 5.51. The standard InChI is InChI=1S/C13H24N2O2.ClH/c1-11-4-6-15(7-5-11)13(16)10-14-9-12-3-2-8-17-12;/h11-12,14H,2-10H2,1H3;1H. The highest BCUT2D eigenvalue weighted by Crippen LogP contribution is 2.15. The predicted octanol–water partition coefficient (Wildman–Crippen LogP) is 1.44. The van der Waals surface area contributed by atoms with Crippen molar-refractivity contribution in [3.8, 4) is 0 Å². The van der Waals surface area contributed by atoms with Crippen molar-refractivity contribution >= 4 is 18.3 Å². The summed E-state index contributed by atoms with van der Waals surface area (Å²) in [6.45, 7) is 6.29. The summed E-state index contributed by atoms with van der Waals surface area (Å²) in [5.74, 6) is 1.02. The number of piperidine rings is 1. The molecule has 0 aromatic heterocycles. The second kappa shape index (κ2) is 7.97. The first-order valence-electron chi connectivity index (χ1n) is 6.86. The van der Waals surface area contributed by atoms with Crippen molar-refractivity contribution in [2.45, 2.75) is 38.7 Å². The number of halogens is 1. The first kappa shape index (κ1) is 15.7. The van der Waals surface area contributed by atoms with E-state index in [1.54, 1.807) is 0 Å². The second-order valence-electron chi connectivity index (χ2n) is 5.33. The fourth-order valence-electron chi connectivity index (χ4n) is 2.52. The van der Waals surface area contributed by atoms with E-state index in [0.717, 1.165) is 57.8 Å². The van der Waals surface area contributed by atoms with Gasteiger partial charge in [0.2, 0.25) is 5.91 Å². The molecule has 0 aliphatic carbocycles. The smallest absolute Gasteiger partial charge is 0.236 e. The Morgan fingerprint density at radius 2 is 2.06 bits per heavy atom. The van der Waals surface area contributed by atoms with Gasteiger partial charge in [0.1, 0.15) is 0 Å². The molecule has 0 bridgehead atoms. The lowest BCUT2D eigenvalue weighted by atomic mass is 9.99. The lowest BCUT2D eigenvalue weighted by molar-refractivity contribution is -0.131. The van der Waals surface area contributed by atoms with E-state index >= 15 is 0 Å². The van der Waals surface area contributed by atoms with Crippen LogP contribution in [-0.2, 0) is 9.53 Å². The molecule has 0 saturated carbocycles. The van der Waals surface area contributed by atoms with Gasteiger partial charge in [-0.2, -0.15) is 0 Å². The average molecular weight is 277 g/mol. The molecule has 2 heterocycles. The number of carbonyl (C=O) groups is 1. The van der Waals surface area contributed by atoms with Crippen LogP contribution in [-0.4, -0.2) is 49.7 Å². The minimum absolute atomic E-state index is 0. The van der Waals surface area contributed by atoms with Crippen LogP contribution in [0, 0.1) is 5.92 Å². The summed E-state index contributed by atoms with van der Waals surface area (Å²) in [5, 5.41) is 3.22. The van der Waals surface area contributed by atoms with Gasteiger partial charge in [-0.25, -0.2) is 0 Å². The van der Waals surface area contributed by atoms with Gasteiger partial charge in [0, 0.05) is 26.2 Å². The summed E-state index contributed by atoms with van der Waals surface area (Å²) in [5.41, 5.74) is 0. The van der Waals surface area contributed by atoms with Crippen molar-refractivity contribution in [3.05, 3.63) is 0 Å². The van der Waals surface area contributed by atoms with Crippen LogP contribution in [0.2, 0.25) is 0 Å². The molecule has 2 saturated heterocycles. The number of amides is 1. The van der Waals surface area contributed by atoms with Crippen molar-refractivity contribution in [1.29, 1.82) is 0 Å². The molecule has 2 aliphatic rings. The Kier molecular flexibility index (Phi) is 6.97. The molecule has 0 spiro atoms. The molecule has 4 nitrogen and oxygen atoms in total. The van der Waals surface area contributed by atoms with Crippen molar-refractivity contribution < 1.29 is 9.53 Å². The third-order valence-corrected chi connectivity index (χ3v) is 3.81. The largest absolute Gasteiger partial charge is 0.377 e. The van der Waals surface area contributed by atoms with Crippen LogP contribution in [0.1, 0.15) is 32.6 Å². The number of nitrogens with zero attached hydrogens (tertiary/aromatic N) is 1. The van der Waals surface area contributed by atoms with Gasteiger partial charge in [-0.05, 0) is 31.6 Å². The van der Waals surface area contributed by atoms with Gasteiger partial charge in [-0.15, -0.1) is 12.4 Å². The number of likely N-dealkylation sites (tertiary alicyclic amines) is 1. The number of carbonyl (C=O) groups excluding carboxylic acids is 1. The highest BCUT2D eigenvalue weighted by Gasteiger charge is 2.20. The van der Waals surface area contributed by atoms with E-state index in [-0.39, 0.29) is 18.3 Å². The highest BCUT2D eigenvalue weighted by molar-refractivity contribution is 5.85. The average Bonchev–Trinajstić information content (AvgIpc) is 2.83. The van der Waals surface area contributed by atoms with Crippen molar-refractivity contribution in [1.82, 2.24) is 10.2 Å². The van der Waals surface area contributed by atoms with Crippen LogP contribution in [0.15, 0.2) is 0 Å². The van der Waals surface area contributed by atoms with E-state index in [4.69, 9.17) is 4.74 Å². The number of nitrogens with one attached hydrogen (secondary N) is 1. The second-order valence-corrected chi connectivity index (χ2v) is 5.33. The zero-order valence-electron chi connectivity index (χ0n) is 11.2. The Bertz CT molecular complexity index is 249. The van der Waals surface area contributed by atoms with Gasteiger partial charge in [0.15, 0.2) is 0 Å². The molecule has 1 amide bonds. The summed E-state index contributed by atoms with van der Waals surface area (Å²) in [7, 11) is 0.